The molecule has 1 saturated heterocycles. The zero-order valence-electron chi connectivity index (χ0n) is 15.4. The van der Waals surface area contributed by atoms with Crippen molar-refractivity contribution in [2.45, 2.75) is 44.7 Å². The van der Waals surface area contributed by atoms with Gasteiger partial charge in [-0.3, -0.25) is 14.4 Å². The Labute approximate surface area is 158 Å². The first-order valence-corrected chi connectivity index (χ1v) is 9.52. The lowest BCUT2D eigenvalue weighted by atomic mass is 10.1. The highest BCUT2D eigenvalue weighted by atomic mass is 16.5. The molecule has 27 heavy (non-hydrogen) atoms. The number of hydrogen-bond acceptors (Lipinski definition) is 4. The zero-order valence-corrected chi connectivity index (χ0v) is 15.4. The molecule has 7 nitrogen and oxygen atoms in total. The first kappa shape index (κ1) is 19.4. The van der Waals surface area contributed by atoms with E-state index >= 15 is 0 Å². The molecule has 2 fully saturated rings. The number of benzene rings is 1. The molecule has 1 saturated carbocycles. The Bertz CT molecular complexity index is 682. The minimum absolute atomic E-state index is 0.109. The Morgan fingerprint density at radius 2 is 1.85 bits per heavy atom. The molecular weight excluding hydrogens is 348 g/mol. The Morgan fingerprint density at radius 1 is 1.15 bits per heavy atom. The van der Waals surface area contributed by atoms with Crippen LogP contribution in [0.1, 0.15) is 48.0 Å². The average Bonchev–Trinajstić information content (AvgIpc) is 3.21. The average molecular weight is 374 g/mol. The standard InChI is InChI=1S/C20H26N2O5/c23-18(24)11-17-13-27-10-9-22(17)20(26)16-7-5-14(6-8-16)12-21-19(25)15-3-1-2-4-15/h5-8,15,17H,1-4,9-13H2,(H,21,25)(H,23,24). The quantitative estimate of drug-likeness (QED) is 0.792. The molecule has 1 aliphatic heterocycles. The van der Waals surface area contributed by atoms with Gasteiger partial charge < -0.3 is 20.1 Å². The second-order valence-electron chi connectivity index (χ2n) is 7.22. The molecule has 1 atom stereocenters. The Hall–Kier alpha value is -2.41. The van der Waals surface area contributed by atoms with Gasteiger partial charge in [-0.05, 0) is 30.5 Å². The maximum atomic E-state index is 12.8. The van der Waals surface area contributed by atoms with E-state index in [-0.39, 0.29) is 30.8 Å². The molecule has 1 aromatic carbocycles. The smallest absolute Gasteiger partial charge is 0.305 e. The summed E-state index contributed by atoms with van der Waals surface area (Å²) in [4.78, 5) is 37.4. The van der Waals surface area contributed by atoms with Crippen LogP contribution < -0.4 is 5.32 Å². The van der Waals surface area contributed by atoms with Gasteiger partial charge in [0.25, 0.3) is 5.91 Å². The lowest BCUT2D eigenvalue weighted by molar-refractivity contribution is -0.139. The van der Waals surface area contributed by atoms with Crippen molar-refractivity contribution in [1.82, 2.24) is 10.2 Å². The van der Waals surface area contributed by atoms with Crippen LogP contribution in [-0.2, 0) is 20.9 Å². The summed E-state index contributed by atoms with van der Waals surface area (Å²) in [6, 6.07) is 6.66. The molecule has 2 N–H and O–H groups in total. The molecule has 0 bridgehead atoms. The van der Waals surface area contributed by atoms with E-state index in [9.17, 15) is 14.4 Å². The number of carbonyl (C=O) groups excluding carboxylic acids is 2. The lowest BCUT2D eigenvalue weighted by Crippen LogP contribution is -2.49. The molecule has 0 spiro atoms. The van der Waals surface area contributed by atoms with Crippen molar-refractivity contribution in [2.24, 2.45) is 5.92 Å². The molecule has 1 heterocycles. The van der Waals surface area contributed by atoms with E-state index < -0.39 is 12.0 Å². The van der Waals surface area contributed by atoms with Crippen LogP contribution in [0.2, 0.25) is 0 Å². The van der Waals surface area contributed by atoms with Crippen molar-refractivity contribution in [3.63, 3.8) is 0 Å². The first-order chi connectivity index (χ1) is 13.0. The number of nitrogens with zero attached hydrogens (tertiary/aromatic N) is 1. The summed E-state index contributed by atoms with van der Waals surface area (Å²) in [5, 5.41) is 12.0. The van der Waals surface area contributed by atoms with Crippen LogP contribution in [0.5, 0.6) is 0 Å². The molecular formula is C20H26N2O5. The van der Waals surface area contributed by atoms with Gasteiger partial charge in [0.15, 0.2) is 0 Å². The van der Waals surface area contributed by atoms with E-state index in [1.165, 1.54) is 0 Å². The Morgan fingerprint density at radius 3 is 2.52 bits per heavy atom. The molecule has 1 unspecified atom stereocenters. The number of carboxylic acids is 1. The van der Waals surface area contributed by atoms with Gasteiger partial charge in [0, 0.05) is 24.6 Å². The molecule has 3 rings (SSSR count). The minimum Gasteiger partial charge on any atom is -0.481 e. The third-order valence-electron chi connectivity index (χ3n) is 5.29. The van der Waals surface area contributed by atoms with Gasteiger partial charge in [-0.25, -0.2) is 0 Å². The van der Waals surface area contributed by atoms with E-state index in [4.69, 9.17) is 9.84 Å². The zero-order chi connectivity index (χ0) is 19.2. The van der Waals surface area contributed by atoms with Gasteiger partial charge in [0.2, 0.25) is 5.91 Å². The second kappa shape index (κ2) is 8.99. The van der Waals surface area contributed by atoms with Gasteiger partial charge in [0.05, 0.1) is 25.7 Å². The van der Waals surface area contributed by atoms with E-state index in [1.54, 1.807) is 17.0 Å². The van der Waals surface area contributed by atoms with E-state index in [2.05, 4.69) is 5.32 Å². The normalized spacial score (nSPS) is 20.4. The van der Waals surface area contributed by atoms with E-state index in [1.807, 2.05) is 12.1 Å². The number of carbonyl (C=O) groups is 3. The van der Waals surface area contributed by atoms with Crippen molar-refractivity contribution in [3.8, 4) is 0 Å². The number of nitrogens with one attached hydrogen (secondary N) is 1. The predicted molar refractivity (Wildman–Crippen MR) is 98.1 cm³/mol. The summed E-state index contributed by atoms with van der Waals surface area (Å²) in [6.07, 6.45) is 4.06. The van der Waals surface area contributed by atoms with Gasteiger partial charge in [-0.15, -0.1) is 0 Å². The summed E-state index contributed by atoms with van der Waals surface area (Å²) in [5.41, 5.74) is 1.44. The predicted octanol–water partition coefficient (Wildman–Crippen LogP) is 1.81. The van der Waals surface area contributed by atoms with Crippen molar-refractivity contribution < 1.29 is 24.2 Å². The van der Waals surface area contributed by atoms with Gasteiger partial charge in [-0.2, -0.15) is 0 Å². The van der Waals surface area contributed by atoms with Crippen molar-refractivity contribution in [2.75, 3.05) is 19.8 Å². The molecule has 2 aliphatic rings. The fourth-order valence-corrected chi connectivity index (χ4v) is 3.75. The number of aliphatic carboxylic acids is 1. The van der Waals surface area contributed by atoms with Crippen molar-refractivity contribution in [3.05, 3.63) is 35.4 Å². The largest absolute Gasteiger partial charge is 0.481 e. The maximum absolute atomic E-state index is 12.8. The number of amides is 2. The van der Waals surface area contributed by atoms with Crippen LogP contribution in [0, 0.1) is 5.92 Å². The number of ether oxygens (including phenoxy) is 1. The molecule has 0 radical (unpaired) electrons. The third kappa shape index (κ3) is 5.07. The van der Waals surface area contributed by atoms with E-state index in [0.29, 0.717) is 25.3 Å². The lowest BCUT2D eigenvalue weighted by Gasteiger charge is -2.34. The summed E-state index contributed by atoms with van der Waals surface area (Å²) in [7, 11) is 0. The highest BCUT2D eigenvalue weighted by Crippen LogP contribution is 2.24. The van der Waals surface area contributed by atoms with Crippen LogP contribution in [0.4, 0.5) is 0 Å². The Balaban J connectivity index is 1.57. The third-order valence-corrected chi connectivity index (χ3v) is 5.29. The number of hydrogen-bond donors (Lipinski definition) is 2. The second-order valence-corrected chi connectivity index (χ2v) is 7.22. The van der Waals surface area contributed by atoms with Crippen molar-refractivity contribution >= 4 is 17.8 Å². The molecule has 146 valence electrons. The number of morpholine rings is 1. The minimum atomic E-state index is -0.948. The SMILES string of the molecule is O=C(O)CC1COCCN1C(=O)c1ccc(CNC(=O)C2CCCC2)cc1. The highest BCUT2D eigenvalue weighted by molar-refractivity contribution is 5.94. The summed E-state index contributed by atoms with van der Waals surface area (Å²) in [6.45, 7) is 1.48. The van der Waals surface area contributed by atoms with Crippen LogP contribution in [0.3, 0.4) is 0 Å². The highest BCUT2D eigenvalue weighted by Gasteiger charge is 2.29. The molecule has 7 heteroatoms. The monoisotopic (exact) mass is 374 g/mol. The number of rotatable bonds is 6. The Kier molecular flexibility index (Phi) is 6.45. The molecule has 0 aromatic heterocycles. The maximum Gasteiger partial charge on any atom is 0.305 e. The number of carboxylic acid groups (broad SMARTS) is 1. The van der Waals surface area contributed by atoms with Crippen LogP contribution in [0.15, 0.2) is 24.3 Å². The van der Waals surface area contributed by atoms with Crippen LogP contribution in [-0.4, -0.2) is 53.6 Å². The molecule has 2 amide bonds. The summed E-state index contributed by atoms with van der Waals surface area (Å²) in [5.74, 6) is -0.890. The van der Waals surface area contributed by atoms with Crippen molar-refractivity contribution in [1.29, 1.82) is 0 Å². The fraction of sp³-hybridized carbons (Fsp3) is 0.550. The van der Waals surface area contributed by atoms with Crippen LogP contribution in [0.25, 0.3) is 0 Å². The fourth-order valence-electron chi connectivity index (χ4n) is 3.75. The van der Waals surface area contributed by atoms with Crippen LogP contribution >= 0.6 is 0 Å². The van der Waals surface area contributed by atoms with Gasteiger partial charge in [0.1, 0.15) is 0 Å². The van der Waals surface area contributed by atoms with Gasteiger partial charge >= 0.3 is 5.97 Å². The van der Waals surface area contributed by atoms with E-state index in [0.717, 1.165) is 31.2 Å². The topological polar surface area (TPSA) is 95.9 Å². The van der Waals surface area contributed by atoms with Gasteiger partial charge in [-0.1, -0.05) is 25.0 Å². The molecule has 1 aromatic rings. The molecule has 1 aliphatic carbocycles. The first-order valence-electron chi connectivity index (χ1n) is 9.52. The summed E-state index contributed by atoms with van der Waals surface area (Å²) < 4.78 is 5.32. The summed E-state index contributed by atoms with van der Waals surface area (Å²) >= 11 is 0.